The van der Waals surface area contributed by atoms with Gasteiger partial charge in [0.2, 0.25) is 0 Å². The Balaban J connectivity index is 1.73. The van der Waals surface area contributed by atoms with Crippen LogP contribution in [0.5, 0.6) is 5.75 Å². The van der Waals surface area contributed by atoms with Crippen LogP contribution >= 0.6 is 0 Å². The first kappa shape index (κ1) is 18.6. The summed E-state index contributed by atoms with van der Waals surface area (Å²) in [6.07, 6.45) is 0.729. The number of amides is 1. The van der Waals surface area contributed by atoms with Crippen LogP contribution in [0.25, 0.3) is 11.5 Å². The van der Waals surface area contributed by atoms with Crippen LogP contribution in [0.3, 0.4) is 0 Å². The molecule has 0 spiro atoms. The molecule has 1 aromatic heterocycles. The lowest BCUT2D eigenvalue weighted by Gasteiger charge is -2.20. The summed E-state index contributed by atoms with van der Waals surface area (Å²) in [6.45, 7) is 1.32. The molecule has 7 heteroatoms. The second kappa shape index (κ2) is 8.95. The SMILES string of the molecule is COc1cccc(-c2nc(C(=O)N(CCN)CCc3ccccc3)no2)c1. The highest BCUT2D eigenvalue weighted by atomic mass is 16.5. The zero-order valence-electron chi connectivity index (χ0n) is 15.2. The number of methoxy groups -OCH3 is 1. The first-order valence-electron chi connectivity index (χ1n) is 8.72. The molecule has 2 aromatic carbocycles. The van der Waals surface area contributed by atoms with E-state index < -0.39 is 0 Å². The average Bonchev–Trinajstić information content (AvgIpc) is 3.22. The zero-order chi connectivity index (χ0) is 19.1. The number of carbonyl (C=O) groups is 1. The number of benzene rings is 2. The molecule has 0 atom stereocenters. The van der Waals surface area contributed by atoms with Gasteiger partial charge in [-0.15, -0.1) is 0 Å². The van der Waals surface area contributed by atoms with Crippen molar-refractivity contribution in [1.82, 2.24) is 15.0 Å². The Hall–Kier alpha value is -3.19. The molecule has 0 saturated heterocycles. The molecule has 27 heavy (non-hydrogen) atoms. The van der Waals surface area contributed by atoms with Gasteiger partial charge in [0.05, 0.1) is 7.11 Å². The number of rotatable bonds is 8. The summed E-state index contributed by atoms with van der Waals surface area (Å²) in [5.41, 5.74) is 7.51. The number of nitrogens with zero attached hydrogens (tertiary/aromatic N) is 3. The van der Waals surface area contributed by atoms with Gasteiger partial charge in [-0.25, -0.2) is 0 Å². The van der Waals surface area contributed by atoms with E-state index in [2.05, 4.69) is 10.1 Å². The fourth-order valence-corrected chi connectivity index (χ4v) is 2.70. The molecular weight excluding hydrogens is 344 g/mol. The largest absolute Gasteiger partial charge is 0.497 e. The maximum atomic E-state index is 12.8. The van der Waals surface area contributed by atoms with Crippen LogP contribution in [0.2, 0.25) is 0 Å². The van der Waals surface area contributed by atoms with Crippen LogP contribution < -0.4 is 10.5 Å². The molecule has 0 unspecified atom stereocenters. The lowest BCUT2D eigenvalue weighted by atomic mass is 10.1. The van der Waals surface area contributed by atoms with Crippen molar-refractivity contribution in [3.05, 3.63) is 66.0 Å². The van der Waals surface area contributed by atoms with Gasteiger partial charge in [-0.05, 0) is 30.2 Å². The lowest BCUT2D eigenvalue weighted by Crippen LogP contribution is -2.37. The minimum Gasteiger partial charge on any atom is -0.497 e. The Morgan fingerprint density at radius 3 is 2.70 bits per heavy atom. The van der Waals surface area contributed by atoms with E-state index in [1.807, 2.05) is 48.5 Å². The standard InChI is InChI=1S/C20H22N4O3/c1-26-17-9-5-8-16(14-17)19-22-18(23-27-19)20(25)24(13-11-21)12-10-15-6-3-2-4-7-15/h2-9,14H,10-13,21H2,1H3. The van der Waals surface area contributed by atoms with Crippen LogP contribution in [0.4, 0.5) is 0 Å². The smallest absolute Gasteiger partial charge is 0.295 e. The molecule has 0 aliphatic rings. The van der Waals surface area contributed by atoms with Crippen LogP contribution in [-0.2, 0) is 6.42 Å². The molecule has 2 N–H and O–H groups in total. The van der Waals surface area contributed by atoms with Crippen LogP contribution in [0, 0.1) is 0 Å². The van der Waals surface area contributed by atoms with Gasteiger partial charge in [0.25, 0.3) is 17.6 Å². The van der Waals surface area contributed by atoms with Crippen molar-refractivity contribution in [3.8, 4) is 17.2 Å². The maximum Gasteiger partial charge on any atom is 0.295 e. The fourth-order valence-electron chi connectivity index (χ4n) is 2.70. The van der Waals surface area contributed by atoms with E-state index in [1.165, 1.54) is 0 Å². The summed E-state index contributed by atoms with van der Waals surface area (Å²) in [6, 6.07) is 17.2. The van der Waals surface area contributed by atoms with Crippen molar-refractivity contribution in [3.63, 3.8) is 0 Å². The number of carbonyl (C=O) groups excluding carboxylic acids is 1. The van der Waals surface area contributed by atoms with Crippen molar-refractivity contribution >= 4 is 5.91 Å². The zero-order valence-corrected chi connectivity index (χ0v) is 15.2. The number of ether oxygens (including phenoxy) is 1. The average molecular weight is 366 g/mol. The van der Waals surface area contributed by atoms with Crippen LogP contribution in [0.15, 0.2) is 59.1 Å². The molecule has 0 radical (unpaired) electrons. The molecule has 7 nitrogen and oxygen atoms in total. The second-order valence-corrected chi connectivity index (χ2v) is 5.97. The third-order valence-corrected chi connectivity index (χ3v) is 4.13. The summed E-state index contributed by atoms with van der Waals surface area (Å²) in [5.74, 6) is 0.669. The summed E-state index contributed by atoms with van der Waals surface area (Å²) in [4.78, 5) is 18.7. The molecule has 1 amide bonds. The molecular formula is C20H22N4O3. The van der Waals surface area contributed by atoms with Gasteiger partial charge in [0.1, 0.15) is 5.75 Å². The summed E-state index contributed by atoms with van der Waals surface area (Å²) in [7, 11) is 1.58. The van der Waals surface area contributed by atoms with E-state index in [-0.39, 0.29) is 17.6 Å². The fraction of sp³-hybridized carbons (Fsp3) is 0.250. The molecule has 1 heterocycles. The molecule has 0 bridgehead atoms. The first-order valence-corrected chi connectivity index (χ1v) is 8.72. The third-order valence-electron chi connectivity index (χ3n) is 4.13. The number of hydrogen-bond acceptors (Lipinski definition) is 6. The minimum absolute atomic E-state index is 0.0225. The Labute approximate surface area is 157 Å². The Morgan fingerprint density at radius 2 is 1.96 bits per heavy atom. The normalized spacial score (nSPS) is 10.6. The Bertz CT molecular complexity index is 880. The van der Waals surface area contributed by atoms with Gasteiger partial charge in [0.15, 0.2) is 0 Å². The minimum atomic E-state index is -0.297. The van der Waals surface area contributed by atoms with Crippen molar-refractivity contribution in [2.24, 2.45) is 5.73 Å². The van der Waals surface area contributed by atoms with Gasteiger partial charge >= 0.3 is 0 Å². The molecule has 3 rings (SSSR count). The van der Waals surface area contributed by atoms with E-state index in [1.54, 1.807) is 18.1 Å². The highest BCUT2D eigenvalue weighted by Crippen LogP contribution is 2.22. The molecule has 0 saturated carbocycles. The highest BCUT2D eigenvalue weighted by Gasteiger charge is 2.21. The number of aromatic nitrogens is 2. The van der Waals surface area contributed by atoms with Gasteiger partial charge in [-0.1, -0.05) is 41.6 Å². The predicted octanol–water partition coefficient (Wildman–Crippen LogP) is 2.39. The molecule has 3 aromatic rings. The number of hydrogen-bond donors (Lipinski definition) is 1. The van der Waals surface area contributed by atoms with Crippen molar-refractivity contribution in [2.75, 3.05) is 26.7 Å². The van der Waals surface area contributed by atoms with E-state index in [4.69, 9.17) is 15.0 Å². The van der Waals surface area contributed by atoms with E-state index in [0.29, 0.717) is 30.9 Å². The summed E-state index contributed by atoms with van der Waals surface area (Å²) in [5, 5.41) is 3.85. The van der Waals surface area contributed by atoms with Crippen molar-refractivity contribution in [2.45, 2.75) is 6.42 Å². The Kier molecular flexibility index (Phi) is 6.17. The van der Waals surface area contributed by atoms with Gasteiger partial charge < -0.3 is 19.9 Å². The van der Waals surface area contributed by atoms with Crippen LogP contribution in [-0.4, -0.2) is 47.7 Å². The Morgan fingerprint density at radius 1 is 1.15 bits per heavy atom. The maximum absolute atomic E-state index is 12.8. The topological polar surface area (TPSA) is 94.5 Å². The first-order chi connectivity index (χ1) is 13.2. The van der Waals surface area contributed by atoms with Gasteiger partial charge in [-0.3, -0.25) is 4.79 Å². The quantitative estimate of drug-likeness (QED) is 0.658. The van der Waals surface area contributed by atoms with E-state index in [0.717, 1.165) is 12.0 Å². The summed E-state index contributed by atoms with van der Waals surface area (Å²) < 4.78 is 10.5. The molecule has 140 valence electrons. The third kappa shape index (κ3) is 4.71. The number of nitrogens with two attached hydrogens (primary N) is 1. The monoisotopic (exact) mass is 366 g/mol. The summed E-state index contributed by atoms with van der Waals surface area (Å²) >= 11 is 0. The van der Waals surface area contributed by atoms with Crippen LogP contribution in [0.1, 0.15) is 16.2 Å². The molecule has 0 fully saturated rings. The van der Waals surface area contributed by atoms with Crippen molar-refractivity contribution in [1.29, 1.82) is 0 Å². The predicted molar refractivity (Wildman–Crippen MR) is 101 cm³/mol. The van der Waals surface area contributed by atoms with E-state index in [9.17, 15) is 4.79 Å². The molecule has 0 aliphatic heterocycles. The molecule has 0 aliphatic carbocycles. The highest BCUT2D eigenvalue weighted by molar-refractivity contribution is 5.90. The van der Waals surface area contributed by atoms with Gasteiger partial charge in [-0.2, -0.15) is 4.98 Å². The van der Waals surface area contributed by atoms with Crippen molar-refractivity contribution < 1.29 is 14.1 Å². The van der Waals surface area contributed by atoms with Gasteiger partial charge in [0, 0.05) is 25.2 Å². The lowest BCUT2D eigenvalue weighted by molar-refractivity contribution is 0.0746. The second-order valence-electron chi connectivity index (χ2n) is 5.97. The van der Waals surface area contributed by atoms with E-state index >= 15 is 0 Å².